The Kier molecular flexibility index (Phi) is 7.90. The molecule has 3 atom stereocenters. The van der Waals surface area contributed by atoms with Crippen LogP contribution in [0.4, 0.5) is 4.39 Å². The number of hydrogen-bond donors (Lipinski definition) is 3. The minimum Gasteiger partial charge on any atom is -0.391 e. The van der Waals surface area contributed by atoms with Gasteiger partial charge in [-0.2, -0.15) is 0 Å². The van der Waals surface area contributed by atoms with Crippen molar-refractivity contribution in [2.75, 3.05) is 19.6 Å². The summed E-state index contributed by atoms with van der Waals surface area (Å²) in [6.07, 6.45) is -0.449. The number of nitrogens with one attached hydrogen (secondary N) is 2. The van der Waals surface area contributed by atoms with E-state index in [1.165, 1.54) is 17.8 Å². The largest absolute Gasteiger partial charge is 0.391 e. The van der Waals surface area contributed by atoms with Crippen molar-refractivity contribution >= 4 is 30.1 Å². The second kappa shape index (κ2) is 9.92. The Bertz CT molecular complexity index is 720. The van der Waals surface area contributed by atoms with Gasteiger partial charge in [0.1, 0.15) is 11.1 Å². The molecule has 0 saturated carbocycles. The van der Waals surface area contributed by atoms with E-state index in [0.29, 0.717) is 24.5 Å². The van der Waals surface area contributed by atoms with E-state index in [2.05, 4.69) is 10.6 Å². The molecule has 1 amide bonds. The number of aliphatic hydroxyl groups is 1. The van der Waals surface area contributed by atoms with Crippen LogP contribution >= 0.6 is 24.2 Å². The molecule has 7 heteroatoms. The standard InChI is InChI=1S/C19H21FN2O2S.ClH/c20-15-8-4-5-9-17(15)25-18(13-6-2-1-3-7-13)19(24)22-11-14-10-21-12-16(14)23;/h1-9,14,16,18,21,23H,10-12H2,(H,22,24);1H. The Morgan fingerprint density at radius 3 is 2.54 bits per heavy atom. The molecule has 2 aromatic carbocycles. The predicted molar refractivity (Wildman–Crippen MR) is 104 cm³/mol. The molecule has 3 unspecified atom stereocenters. The van der Waals surface area contributed by atoms with Crippen LogP contribution in [0.15, 0.2) is 59.5 Å². The molecule has 4 nitrogen and oxygen atoms in total. The molecular formula is C19H22ClFN2O2S. The molecule has 3 rings (SSSR count). The molecule has 2 aromatic rings. The monoisotopic (exact) mass is 396 g/mol. The summed E-state index contributed by atoms with van der Waals surface area (Å²) in [6.45, 7) is 1.62. The molecule has 1 fully saturated rings. The quantitative estimate of drug-likeness (QED) is 0.657. The van der Waals surface area contributed by atoms with E-state index in [-0.39, 0.29) is 30.0 Å². The highest BCUT2D eigenvalue weighted by Gasteiger charge is 2.28. The summed E-state index contributed by atoms with van der Waals surface area (Å²) in [6, 6.07) is 15.8. The van der Waals surface area contributed by atoms with E-state index >= 15 is 0 Å². The van der Waals surface area contributed by atoms with Crippen molar-refractivity contribution in [1.82, 2.24) is 10.6 Å². The third-order valence-electron chi connectivity index (χ3n) is 4.26. The highest BCUT2D eigenvalue weighted by Crippen LogP contribution is 2.36. The lowest BCUT2D eigenvalue weighted by Crippen LogP contribution is -2.36. The van der Waals surface area contributed by atoms with Gasteiger partial charge in [-0.15, -0.1) is 24.2 Å². The second-order valence-electron chi connectivity index (χ2n) is 6.07. The van der Waals surface area contributed by atoms with E-state index in [0.717, 1.165) is 5.56 Å². The third-order valence-corrected chi connectivity index (χ3v) is 5.57. The molecule has 0 aliphatic carbocycles. The zero-order chi connectivity index (χ0) is 17.6. The molecule has 0 radical (unpaired) electrons. The molecule has 1 aliphatic heterocycles. The number of carbonyl (C=O) groups is 1. The van der Waals surface area contributed by atoms with Gasteiger partial charge in [-0.25, -0.2) is 4.39 Å². The molecule has 3 N–H and O–H groups in total. The fraction of sp³-hybridized carbons (Fsp3) is 0.316. The Balaban J connectivity index is 0.00000243. The van der Waals surface area contributed by atoms with Gasteiger partial charge in [-0.3, -0.25) is 4.79 Å². The van der Waals surface area contributed by atoms with Crippen LogP contribution in [0.1, 0.15) is 10.8 Å². The van der Waals surface area contributed by atoms with Crippen molar-refractivity contribution in [2.24, 2.45) is 5.92 Å². The molecular weight excluding hydrogens is 375 g/mol. The van der Waals surface area contributed by atoms with Crippen molar-refractivity contribution in [3.8, 4) is 0 Å². The first-order valence-electron chi connectivity index (χ1n) is 8.28. The highest BCUT2D eigenvalue weighted by atomic mass is 35.5. The number of amides is 1. The van der Waals surface area contributed by atoms with Gasteiger partial charge >= 0.3 is 0 Å². The van der Waals surface area contributed by atoms with E-state index in [4.69, 9.17) is 0 Å². The third kappa shape index (κ3) is 5.20. The van der Waals surface area contributed by atoms with Gasteiger partial charge in [-0.1, -0.05) is 42.5 Å². The maximum absolute atomic E-state index is 14.0. The number of carbonyl (C=O) groups excluding carboxylic acids is 1. The van der Waals surface area contributed by atoms with Gasteiger partial charge in [0.25, 0.3) is 0 Å². The summed E-state index contributed by atoms with van der Waals surface area (Å²) in [4.78, 5) is 13.2. The number of aliphatic hydroxyl groups excluding tert-OH is 1. The van der Waals surface area contributed by atoms with Crippen LogP contribution in [-0.2, 0) is 4.79 Å². The van der Waals surface area contributed by atoms with Crippen LogP contribution in [0, 0.1) is 11.7 Å². The topological polar surface area (TPSA) is 61.4 Å². The summed E-state index contributed by atoms with van der Waals surface area (Å²) in [7, 11) is 0. The van der Waals surface area contributed by atoms with Crippen molar-refractivity contribution < 1.29 is 14.3 Å². The summed E-state index contributed by atoms with van der Waals surface area (Å²) in [5.74, 6) is -0.519. The van der Waals surface area contributed by atoms with E-state index in [1.54, 1.807) is 18.2 Å². The highest BCUT2D eigenvalue weighted by molar-refractivity contribution is 8.00. The number of rotatable bonds is 6. The first-order valence-corrected chi connectivity index (χ1v) is 9.15. The number of β-amino-alcohol motifs (C(OH)–C–C–N with tert-alkyl or cyclic N) is 1. The van der Waals surface area contributed by atoms with Gasteiger partial charge in [-0.05, 0) is 17.7 Å². The Morgan fingerprint density at radius 2 is 1.88 bits per heavy atom. The number of benzene rings is 2. The van der Waals surface area contributed by atoms with Crippen LogP contribution in [0.2, 0.25) is 0 Å². The number of hydrogen-bond acceptors (Lipinski definition) is 4. The summed E-state index contributed by atoms with van der Waals surface area (Å²) < 4.78 is 14.0. The lowest BCUT2D eigenvalue weighted by molar-refractivity contribution is -0.120. The van der Waals surface area contributed by atoms with Crippen LogP contribution in [-0.4, -0.2) is 36.8 Å². The molecule has 0 spiro atoms. The zero-order valence-corrected chi connectivity index (χ0v) is 15.7. The van der Waals surface area contributed by atoms with Crippen molar-refractivity contribution in [3.63, 3.8) is 0 Å². The van der Waals surface area contributed by atoms with E-state index < -0.39 is 11.4 Å². The molecule has 1 heterocycles. The minimum atomic E-state index is -0.551. The lowest BCUT2D eigenvalue weighted by Gasteiger charge is -2.20. The van der Waals surface area contributed by atoms with Gasteiger partial charge in [0, 0.05) is 30.4 Å². The van der Waals surface area contributed by atoms with Crippen LogP contribution in [0.5, 0.6) is 0 Å². The van der Waals surface area contributed by atoms with Gasteiger partial charge in [0.15, 0.2) is 0 Å². The molecule has 0 aromatic heterocycles. The summed E-state index contributed by atoms with van der Waals surface area (Å²) in [5.41, 5.74) is 0.818. The van der Waals surface area contributed by atoms with Crippen LogP contribution in [0.3, 0.4) is 0 Å². The molecule has 26 heavy (non-hydrogen) atoms. The van der Waals surface area contributed by atoms with Crippen LogP contribution < -0.4 is 10.6 Å². The number of thioether (sulfide) groups is 1. The fourth-order valence-electron chi connectivity index (χ4n) is 2.82. The maximum Gasteiger partial charge on any atom is 0.238 e. The lowest BCUT2D eigenvalue weighted by atomic mass is 10.1. The normalized spacial score (nSPS) is 20.2. The zero-order valence-electron chi connectivity index (χ0n) is 14.1. The van der Waals surface area contributed by atoms with E-state index in [9.17, 15) is 14.3 Å². The molecule has 1 aliphatic rings. The Hall–Kier alpha value is -1.60. The summed E-state index contributed by atoms with van der Waals surface area (Å²) in [5, 5.41) is 15.3. The average Bonchev–Trinajstić information content (AvgIpc) is 3.05. The van der Waals surface area contributed by atoms with Gasteiger partial charge in [0.2, 0.25) is 5.91 Å². The number of halogens is 2. The second-order valence-corrected chi connectivity index (χ2v) is 7.22. The predicted octanol–water partition coefficient (Wildman–Crippen LogP) is 2.78. The molecule has 1 saturated heterocycles. The molecule has 140 valence electrons. The van der Waals surface area contributed by atoms with Crippen molar-refractivity contribution in [2.45, 2.75) is 16.2 Å². The van der Waals surface area contributed by atoms with Gasteiger partial charge < -0.3 is 15.7 Å². The first kappa shape index (κ1) is 20.7. The maximum atomic E-state index is 14.0. The van der Waals surface area contributed by atoms with Crippen LogP contribution in [0.25, 0.3) is 0 Å². The fourth-order valence-corrected chi connectivity index (χ4v) is 3.90. The van der Waals surface area contributed by atoms with Crippen molar-refractivity contribution in [1.29, 1.82) is 0 Å². The Labute approximate surface area is 163 Å². The summed E-state index contributed by atoms with van der Waals surface area (Å²) >= 11 is 1.19. The van der Waals surface area contributed by atoms with Crippen molar-refractivity contribution in [3.05, 3.63) is 66.0 Å². The minimum absolute atomic E-state index is 0. The Morgan fingerprint density at radius 1 is 1.19 bits per heavy atom. The first-order chi connectivity index (χ1) is 12.1. The average molecular weight is 397 g/mol. The SMILES string of the molecule is Cl.O=C(NCC1CNCC1O)C(Sc1ccccc1F)c1ccccc1. The smallest absolute Gasteiger partial charge is 0.238 e. The molecule has 0 bridgehead atoms. The van der Waals surface area contributed by atoms with Gasteiger partial charge in [0.05, 0.1) is 6.10 Å². The van der Waals surface area contributed by atoms with E-state index in [1.807, 2.05) is 30.3 Å².